The summed E-state index contributed by atoms with van der Waals surface area (Å²) >= 11 is 0. The average Bonchev–Trinajstić information content (AvgIpc) is 2.63. The molecule has 0 spiro atoms. The molecule has 0 atom stereocenters. The van der Waals surface area contributed by atoms with Crippen molar-refractivity contribution in [1.82, 2.24) is 9.97 Å². The molecule has 25 heavy (non-hydrogen) atoms. The second kappa shape index (κ2) is 8.51. The lowest BCUT2D eigenvalue weighted by atomic mass is 9.97. The number of para-hydroxylation sites is 2. The van der Waals surface area contributed by atoms with Crippen LogP contribution in [0.3, 0.4) is 0 Å². The Morgan fingerprint density at radius 2 is 2.04 bits per heavy atom. The number of methoxy groups -OCH3 is 1. The molecule has 2 N–H and O–H groups in total. The number of hydrogen-bond donors (Lipinski definition) is 2. The Labute approximate surface area is 149 Å². The number of ether oxygens (including phenoxy) is 1. The largest absolute Gasteiger partial charge is 0.495 e. The van der Waals surface area contributed by atoms with Gasteiger partial charge in [-0.3, -0.25) is 0 Å². The van der Waals surface area contributed by atoms with Crippen molar-refractivity contribution in [3.05, 3.63) is 47.7 Å². The van der Waals surface area contributed by atoms with Gasteiger partial charge in [0.05, 0.1) is 12.8 Å². The molecule has 0 fully saturated rings. The number of nitrogens with zero attached hydrogens (tertiary/aromatic N) is 2. The predicted molar refractivity (Wildman–Crippen MR) is 103 cm³/mol. The summed E-state index contributed by atoms with van der Waals surface area (Å²) in [6.45, 7) is 2.84. The Kier molecular flexibility index (Phi) is 5.88. The van der Waals surface area contributed by atoms with Gasteiger partial charge in [-0.25, -0.2) is 4.98 Å². The van der Waals surface area contributed by atoms with E-state index in [1.807, 2.05) is 37.3 Å². The molecule has 132 valence electrons. The third-order valence-electron chi connectivity index (χ3n) is 4.34. The number of anilines is 3. The highest BCUT2D eigenvalue weighted by atomic mass is 16.5. The molecular formula is C20H26N4O. The maximum atomic E-state index is 5.38. The summed E-state index contributed by atoms with van der Waals surface area (Å²) in [5.41, 5.74) is 3.37. The maximum absolute atomic E-state index is 5.38. The summed E-state index contributed by atoms with van der Waals surface area (Å²) in [6.07, 6.45) is 8.55. The molecule has 1 aromatic heterocycles. The van der Waals surface area contributed by atoms with Crippen molar-refractivity contribution < 1.29 is 4.74 Å². The van der Waals surface area contributed by atoms with Gasteiger partial charge in [0, 0.05) is 18.3 Å². The van der Waals surface area contributed by atoms with E-state index < -0.39 is 0 Å². The van der Waals surface area contributed by atoms with Crippen LogP contribution in [0.2, 0.25) is 0 Å². The summed E-state index contributed by atoms with van der Waals surface area (Å²) in [5, 5.41) is 6.67. The van der Waals surface area contributed by atoms with E-state index >= 15 is 0 Å². The number of nitrogens with one attached hydrogen (secondary N) is 2. The highest BCUT2D eigenvalue weighted by Gasteiger charge is 2.07. The molecule has 2 aromatic rings. The number of benzene rings is 1. The van der Waals surface area contributed by atoms with Gasteiger partial charge in [-0.2, -0.15) is 4.98 Å². The first-order chi connectivity index (χ1) is 12.2. The summed E-state index contributed by atoms with van der Waals surface area (Å²) in [4.78, 5) is 9.07. The van der Waals surface area contributed by atoms with Crippen molar-refractivity contribution in [2.75, 3.05) is 24.3 Å². The van der Waals surface area contributed by atoms with Gasteiger partial charge in [0.1, 0.15) is 11.6 Å². The quantitative estimate of drug-likeness (QED) is 0.707. The van der Waals surface area contributed by atoms with Gasteiger partial charge in [-0.15, -0.1) is 0 Å². The van der Waals surface area contributed by atoms with Crippen LogP contribution >= 0.6 is 0 Å². The minimum atomic E-state index is 0.661. The standard InChI is InChI=1S/C20H26N4O/c1-15-14-19(23-17-10-6-7-11-18(17)25-2)24-20(22-15)21-13-12-16-8-4-3-5-9-16/h6-8,10-11,14H,3-5,9,12-13H2,1-2H3,(H2,21,22,23,24). The van der Waals surface area contributed by atoms with E-state index in [1.54, 1.807) is 12.7 Å². The smallest absolute Gasteiger partial charge is 0.224 e. The lowest BCUT2D eigenvalue weighted by Crippen LogP contribution is -2.09. The summed E-state index contributed by atoms with van der Waals surface area (Å²) in [6, 6.07) is 9.74. The molecule has 0 aliphatic heterocycles. The van der Waals surface area contributed by atoms with Crippen LogP contribution in [0.4, 0.5) is 17.5 Å². The maximum Gasteiger partial charge on any atom is 0.224 e. The van der Waals surface area contributed by atoms with Crippen molar-refractivity contribution in [3.8, 4) is 5.75 Å². The zero-order valence-corrected chi connectivity index (χ0v) is 15.0. The predicted octanol–water partition coefficient (Wildman–Crippen LogP) is 4.84. The lowest BCUT2D eigenvalue weighted by Gasteiger charge is -2.14. The monoisotopic (exact) mass is 338 g/mol. The Morgan fingerprint density at radius 1 is 1.16 bits per heavy atom. The molecule has 0 unspecified atom stereocenters. The van der Waals surface area contributed by atoms with E-state index in [0.29, 0.717) is 5.95 Å². The highest BCUT2D eigenvalue weighted by Crippen LogP contribution is 2.26. The van der Waals surface area contributed by atoms with Crippen LogP contribution in [0.1, 0.15) is 37.8 Å². The van der Waals surface area contributed by atoms with Crippen LogP contribution in [0, 0.1) is 6.92 Å². The Balaban J connectivity index is 1.64. The van der Waals surface area contributed by atoms with Crippen LogP contribution in [-0.4, -0.2) is 23.6 Å². The number of allylic oxidation sites excluding steroid dienone is 1. The first-order valence-corrected chi connectivity index (χ1v) is 8.92. The molecule has 0 saturated heterocycles. The van der Waals surface area contributed by atoms with E-state index in [4.69, 9.17) is 4.74 Å². The lowest BCUT2D eigenvalue weighted by molar-refractivity contribution is 0.417. The average molecular weight is 338 g/mol. The van der Waals surface area contributed by atoms with Crippen molar-refractivity contribution in [2.45, 2.75) is 39.0 Å². The topological polar surface area (TPSA) is 59.1 Å². The van der Waals surface area contributed by atoms with Crippen LogP contribution in [0.5, 0.6) is 5.75 Å². The Morgan fingerprint density at radius 3 is 2.84 bits per heavy atom. The molecule has 1 aliphatic carbocycles. The second-order valence-electron chi connectivity index (χ2n) is 6.33. The zero-order valence-electron chi connectivity index (χ0n) is 15.0. The summed E-state index contributed by atoms with van der Waals surface area (Å²) < 4.78 is 5.38. The van der Waals surface area contributed by atoms with Gasteiger partial charge in [0.15, 0.2) is 0 Å². The van der Waals surface area contributed by atoms with Crippen LogP contribution < -0.4 is 15.4 Å². The van der Waals surface area contributed by atoms with E-state index in [0.717, 1.165) is 35.9 Å². The van der Waals surface area contributed by atoms with Gasteiger partial charge in [-0.05, 0) is 51.2 Å². The molecule has 3 rings (SSSR count). The molecule has 0 amide bonds. The molecule has 0 bridgehead atoms. The van der Waals surface area contributed by atoms with Crippen LogP contribution in [0.15, 0.2) is 42.0 Å². The number of hydrogen-bond acceptors (Lipinski definition) is 5. The summed E-state index contributed by atoms with van der Waals surface area (Å²) in [7, 11) is 1.67. The fourth-order valence-electron chi connectivity index (χ4n) is 3.06. The number of aryl methyl sites for hydroxylation is 1. The molecule has 1 aliphatic rings. The van der Waals surface area contributed by atoms with Gasteiger partial charge in [0.25, 0.3) is 0 Å². The van der Waals surface area contributed by atoms with Gasteiger partial charge in [-0.1, -0.05) is 23.8 Å². The summed E-state index contributed by atoms with van der Waals surface area (Å²) in [5.74, 6) is 2.21. The third-order valence-corrected chi connectivity index (χ3v) is 4.34. The SMILES string of the molecule is COc1ccccc1Nc1cc(C)nc(NCCC2=CCCCC2)n1. The van der Waals surface area contributed by atoms with E-state index in [9.17, 15) is 0 Å². The fourth-order valence-corrected chi connectivity index (χ4v) is 3.06. The first kappa shape index (κ1) is 17.3. The van der Waals surface area contributed by atoms with Gasteiger partial charge in [0.2, 0.25) is 5.95 Å². The van der Waals surface area contributed by atoms with Crippen LogP contribution in [-0.2, 0) is 0 Å². The van der Waals surface area contributed by atoms with Crippen LogP contribution in [0.25, 0.3) is 0 Å². The van der Waals surface area contributed by atoms with Crippen molar-refractivity contribution in [1.29, 1.82) is 0 Å². The van der Waals surface area contributed by atoms with E-state index in [-0.39, 0.29) is 0 Å². The molecule has 1 heterocycles. The fraction of sp³-hybridized carbons (Fsp3) is 0.400. The molecule has 0 radical (unpaired) electrons. The Bertz CT molecular complexity index is 742. The molecule has 5 nitrogen and oxygen atoms in total. The first-order valence-electron chi connectivity index (χ1n) is 8.92. The van der Waals surface area contributed by atoms with Crippen molar-refractivity contribution in [2.24, 2.45) is 0 Å². The van der Waals surface area contributed by atoms with Crippen molar-refractivity contribution in [3.63, 3.8) is 0 Å². The van der Waals surface area contributed by atoms with Gasteiger partial charge < -0.3 is 15.4 Å². The van der Waals surface area contributed by atoms with Crippen molar-refractivity contribution >= 4 is 17.5 Å². The molecular weight excluding hydrogens is 312 g/mol. The molecule has 0 saturated carbocycles. The number of aromatic nitrogens is 2. The minimum Gasteiger partial charge on any atom is -0.495 e. The minimum absolute atomic E-state index is 0.661. The molecule has 1 aromatic carbocycles. The highest BCUT2D eigenvalue weighted by molar-refractivity contribution is 5.64. The van der Waals surface area contributed by atoms with E-state index in [1.165, 1.54) is 25.7 Å². The number of rotatable bonds is 7. The Hall–Kier alpha value is -2.56. The third kappa shape index (κ3) is 4.95. The molecule has 5 heteroatoms. The normalized spacial score (nSPS) is 13.9. The van der Waals surface area contributed by atoms with Gasteiger partial charge >= 0.3 is 0 Å². The zero-order chi connectivity index (χ0) is 17.5. The van der Waals surface area contributed by atoms with E-state index in [2.05, 4.69) is 26.7 Å². The second-order valence-corrected chi connectivity index (χ2v) is 6.33.